The second-order valence-corrected chi connectivity index (χ2v) is 9.65. The molecular formula is C26H23N3O4S. The van der Waals surface area contributed by atoms with Gasteiger partial charge in [0.25, 0.3) is 0 Å². The number of thiophene rings is 1. The Bertz CT molecular complexity index is 1310. The Balaban J connectivity index is 1.22. The summed E-state index contributed by atoms with van der Waals surface area (Å²) in [5.41, 5.74) is 4.00. The minimum atomic E-state index is -0.770. The maximum atomic E-state index is 12.5. The van der Waals surface area contributed by atoms with E-state index in [1.54, 1.807) is 30.3 Å². The highest BCUT2D eigenvalue weighted by Crippen LogP contribution is 2.44. The first-order valence-corrected chi connectivity index (χ1v) is 12.0. The normalized spacial score (nSPS) is 16.2. The first-order chi connectivity index (χ1) is 16.4. The number of hydrogen-bond acceptors (Lipinski definition) is 5. The van der Waals surface area contributed by atoms with Crippen LogP contribution in [-0.2, 0) is 27.3 Å². The van der Waals surface area contributed by atoms with Gasteiger partial charge in [0.2, 0.25) is 11.7 Å². The van der Waals surface area contributed by atoms with Gasteiger partial charge in [0.05, 0.1) is 23.0 Å². The number of rotatable bonds is 5. The van der Waals surface area contributed by atoms with Crippen molar-refractivity contribution in [2.75, 3.05) is 16.8 Å². The van der Waals surface area contributed by atoms with Crippen LogP contribution in [0.4, 0.5) is 11.4 Å². The van der Waals surface area contributed by atoms with Crippen molar-refractivity contribution >= 4 is 46.2 Å². The molecule has 0 aliphatic carbocycles. The average Bonchev–Trinajstić information content (AvgIpc) is 3.43. The Kier molecular flexibility index (Phi) is 5.75. The van der Waals surface area contributed by atoms with Gasteiger partial charge in [-0.3, -0.25) is 19.2 Å². The van der Waals surface area contributed by atoms with Crippen LogP contribution in [0.1, 0.15) is 50.5 Å². The number of nitrogens with one attached hydrogen (secondary N) is 2. The van der Waals surface area contributed by atoms with Crippen LogP contribution in [0.15, 0.2) is 54.6 Å². The van der Waals surface area contributed by atoms with E-state index in [9.17, 15) is 19.2 Å². The number of nitrogens with zero attached hydrogens (tertiary/aromatic N) is 1. The quantitative estimate of drug-likeness (QED) is 0.437. The SMILES string of the molecule is CC1C(=O)N2CCCc3cc(NC(=O)C(=O)NCc4ccc(C(=O)c5ccccc5)s4)cc1c32. The third kappa shape index (κ3) is 4.01. The molecule has 0 radical (unpaired) electrons. The van der Waals surface area contributed by atoms with E-state index in [1.807, 2.05) is 36.1 Å². The van der Waals surface area contributed by atoms with Crippen LogP contribution in [0, 0.1) is 0 Å². The second kappa shape index (κ2) is 8.87. The summed E-state index contributed by atoms with van der Waals surface area (Å²) in [5.74, 6) is -1.78. The number of anilines is 2. The summed E-state index contributed by atoms with van der Waals surface area (Å²) in [5, 5.41) is 5.28. The molecule has 34 heavy (non-hydrogen) atoms. The van der Waals surface area contributed by atoms with E-state index in [0.717, 1.165) is 41.1 Å². The third-order valence-electron chi connectivity index (χ3n) is 6.23. The molecule has 3 amide bonds. The molecule has 2 N–H and O–H groups in total. The molecule has 172 valence electrons. The molecule has 1 unspecified atom stereocenters. The zero-order valence-corrected chi connectivity index (χ0v) is 19.4. The Morgan fingerprint density at radius 3 is 2.65 bits per heavy atom. The van der Waals surface area contributed by atoms with Crippen molar-refractivity contribution in [3.8, 4) is 0 Å². The van der Waals surface area contributed by atoms with Crippen LogP contribution in [0.25, 0.3) is 0 Å². The number of carbonyl (C=O) groups is 4. The van der Waals surface area contributed by atoms with E-state index in [-0.39, 0.29) is 24.2 Å². The fourth-order valence-electron chi connectivity index (χ4n) is 4.53. The van der Waals surface area contributed by atoms with Gasteiger partial charge in [-0.1, -0.05) is 30.3 Å². The number of carbonyl (C=O) groups excluding carboxylic acids is 4. The number of hydrogen-bond donors (Lipinski definition) is 2. The molecule has 0 saturated carbocycles. The molecule has 0 fully saturated rings. The van der Waals surface area contributed by atoms with Crippen molar-refractivity contribution in [1.82, 2.24) is 5.32 Å². The summed E-state index contributed by atoms with van der Waals surface area (Å²) in [6.07, 6.45) is 1.70. The maximum Gasteiger partial charge on any atom is 0.313 e. The zero-order chi connectivity index (χ0) is 23.8. The summed E-state index contributed by atoms with van der Waals surface area (Å²) < 4.78 is 0. The minimum absolute atomic E-state index is 0.0761. The smallest absolute Gasteiger partial charge is 0.313 e. The summed E-state index contributed by atoms with van der Waals surface area (Å²) >= 11 is 1.29. The lowest BCUT2D eigenvalue weighted by Gasteiger charge is -2.26. The maximum absolute atomic E-state index is 12.5. The lowest BCUT2D eigenvalue weighted by Crippen LogP contribution is -2.35. The first kappa shape index (κ1) is 22.0. The molecule has 2 aromatic carbocycles. The van der Waals surface area contributed by atoms with Crippen LogP contribution in [0.3, 0.4) is 0 Å². The van der Waals surface area contributed by atoms with Crippen molar-refractivity contribution < 1.29 is 19.2 Å². The van der Waals surface area contributed by atoms with Gasteiger partial charge in [-0.2, -0.15) is 0 Å². The fraction of sp³-hybridized carbons (Fsp3) is 0.231. The van der Waals surface area contributed by atoms with Crippen molar-refractivity contribution in [3.05, 3.63) is 81.0 Å². The lowest BCUT2D eigenvalue weighted by molar-refractivity contribution is -0.136. The molecule has 0 bridgehead atoms. The van der Waals surface area contributed by atoms with Gasteiger partial charge in [-0.15, -0.1) is 11.3 Å². The molecule has 7 nitrogen and oxygen atoms in total. The Morgan fingerprint density at radius 2 is 1.85 bits per heavy atom. The Morgan fingerprint density at radius 1 is 1.06 bits per heavy atom. The topological polar surface area (TPSA) is 95.6 Å². The number of benzene rings is 2. The van der Waals surface area contributed by atoms with Gasteiger partial charge in [0.1, 0.15) is 0 Å². The van der Waals surface area contributed by atoms with Crippen LogP contribution < -0.4 is 15.5 Å². The van der Waals surface area contributed by atoms with Gasteiger partial charge in [0, 0.05) is 22.7 Å². The molecule has 1 atom stereocenters. The van der Waals surface area contributed by atoms with Crippen molar-refractivity contribution in [2.24, 2.45) is 0 Å². The summed E-state index contributed by atoms with van der Waals surface area (Å²) in [7, 11) is 0. The first-order valence-electron chi connectivity index (χ1n) is 11.2. The fourth-order valence-corrected chi connectivity index (χ4v) is 5.44. The molecule has 3 aromatic rings. The average molecular weight is 474 g/mol. The highest BCUT2D eigenvalue weighted by Gasteiger charge is 2.38. The second-order valence-electron chi connectivity index (χ2n) is 8.49. The van der Waals surface area contributed by atoms with E-state index < -0.39 is 11.8 Å². The van der Waals surface area contributed by atoms with Crippen LogP contribution in [0.5, 0.6) is 0 Å². The largest absolute Gasteiger partial charge is 0.343 e. The number of amides is 3. The van der Waals surface area contributed by atoms with Crippen molar-refractivity contribution in [3.63, 3.8) is 0 Å². The van der Waals surface area contributed by atoms with E-state index in [2.05, 4.69) is 10.6 Å². The zero-order valence-electron chi connectivity index (χ0n) is 18.6. The van der Waals surface area contributed by atoms with E-state index >= 15 is 0 Å². The predicted octanol–water partition coefficient (Wildman–Crippen LogP) is 3.63. The third-order valence-corrected chi connectivity index (χ3v) is 7.31. The Hall–Kier alpha value is -3.78. The van der Waals surface area contributed by atoms with Gasteiger partial charge < -0.3 is 15.5 Å². The molecule has 1 aromatic heterocycles. The molecule has 2 aliphatic heterocycles. The standard InChI is InChI=1S/C26H23N3O4S/c1-15-20-13-18(12-17-8-5-11-29(22(17)20)26(15)33)28-25(32)24(31)27-14-19-9-10-21(34-19)23(30)16-6-3-2-4-7-16/h2-4,6-7,9-10,12-13,15H,5,8,11,14H2,1H3,(H,27,31)(H,28,32). The molecule has 0 spiro atoms. The number of ketones is 1. The number of aryl methyl sites for hydroxylation is 1. The van der Waals surface area contributed by atoms with Gasteiger partial charge >= 0.3 is 11.8 Å². The lowest BCUT2D eigenvalue weighted by atomic mass is 9.96. The predicted molar refractivity (Wildman–Crippen MR) is 130 cm³/mol. The van der Waals surface area contributed by atoms with Crippen LogP contribution >= 0.6 is 11.3 Å². The van der Waals surface area contributed by atoms with E-state index in [1.165, 1.54) is 11.3 Å². The summed E-state index contributed by atoms with van der Waals surface area (Å²) in [4.78, 5) is 53.1. The summed E-state index contributed by atoms with van der Waals surface area (Å²) in [6, 6.07) is 16.1. The highest BCUT2D eigenvalue weighted by molar-refractivity contribution is 7.14. The van der Waals surface area contributed by atoms with Crippen molar-refractivity contribution in [2.45, 2.75) is 32.2 Å². The van der Waals surface area contributed by atoms with Crippen LogP contribution in [0.2, 0.25) is 0 Å². The van der Waals surface area contributed by atoms with Gasteiger partial charge in [-0.05, 0) is 55.2 Å². The molecule has 8 heteroatoms. The molecule has 5 rings (SSSR count). The van der Waals surface area contributed by atoms with Gasteiger partial charge in [-0.25, -0.2) is 0 Å². The summed E-state index contributed by atoms with van der Waals surface area (Å²) in [6.45, 7) is 2.74. The van der Waals surface area contributed by atoms with Gasteiger partial charge in [0.15, 0.2) is 0 Å². The monoisotopic (exact) mass is 473 g/mol. The molecule has 0 saturated heterocycles. The highest BCUT2D eigenvalue weighted by atomic mass is 32.1. The minimum Gasteiger partial charge on any atom is -0.343 e. The van der Waals surface area contributed by atoms with Crippen LogP contribution in [-0.4, -0.2) is 30.0 Å². The van der Waals surface area contributed by atoms with Crippen molar-refractivity contribution in [1.29, 1.82) is 0 Å². The molecule has 3 heterocycles. The van der Waals surface area contributed by atoms with E-state index in [4.69, 9.17) is 0 Å². The molecule has 2 aliphatic rings. The van der Waals surface area contributed by atoms with E-state index in [0.29, 0.717) is 16.1 Å². The molecular weight excluding hydrogens is 450 g/mol. The Labute approximate surface area is 200 Å².